The van der Waals surface area contributed by atoms with Gasteiger partial charge < -0.3 is 9.80 Å². The number of likely N-dealkylation sites (tertiary alicyclic amines) is 1. The molecule has 0 aromatic heterocycles. The third-order valence-electron chi connectivity index (χ3n) is 6.08. The molecule has 5 heteroatoms. The predicted octanol–water partition coefficient (Wildman–Crippen LogP) is 3.12. The van der Waals surface area contributed by atoms with E-state index in [0.29, 0.717) is 6.54 Å². The molecule has 0 radical (unpaired) electrons. The molecular weight excluding hydrogens is 350 g/mol. The summed E-state index contributed by atoms with van der Waals surface area (Å²) in [6.07, 6.45) is 6.63. The number of carbonyl (C=O) groups is 2. The van der Waals surface area contributed by atoms with Gasteiger partial charge in [-0.2, -0.15) is 0 Å². The van der Waals surface area contributed by atoms with E-state index in [-0.39, 0.29) is 17.7 Å². The largest absolute Gasteiger partial charge is 0.342 e. The van der Waals surface area contributed by atoms with E-state index in [9.17, 15) is 9.59 Å². The number of rotatable bonds is 6. The quantitative estimate of drug-likeness (QED) is 0.756. The Bertz CT molecular complexity index is 618. The highest BCUT2D eigenvalue weighted by Crippen LogP contribution is 2.24. The van der Waals surface area contributed by atoms with Crippen LogP contribution < -0.4 is 0 Å². The number of hydrogen-bond donors (Lipinski definition) is 0. The van der Waals surface area contributed by atoms with Gasteiger partial charge in [-0.1, -0.05) is 56.5 Å². The zero-order valence-electron chi connectivity index (χ0n) is 17.3. The maximum atomic E-state index is 13.1. The first-order valence-electron chi connectivity index (χ1n) is 11.0. The molecule has 2 saturated heterocycles. The highest BCUT2D eigenvalue weighted by Gasteiger charge is 2.29. The summed E-state index contributed by atoms with van der Waals surface area (Å²) in [4.78, 5) is 32.0. The highest BCUT2D eigenvalue weighted by atomic mass is 16.2. The molecule has 1 aromatic rings. The van der Waals surface area contributed by atoms with Crippen LogP contribution in [-0.2, 0) is 9.59 Å². The fourth-order valence-corrected chi connectivity index (χ4v) is 4.36. The van der Waals surface area contributed by atoms with Crippen molar-refractivity contribution < 1.29 is 9.59 Å². The Morgan fingerprint density at radius 1 is 0.857 bits per heavy atom. The number of carbonyl (C=O) groups excluding carboxylic acids is 2. The lowest BCUT2D eigenvalue weighted by molar-refractivity contribution is -0.136. The number of piperazine rings is 1. The van der Waals surface area contributed by atoms with Gasteiger partial charge in [-0.15, -0.1) is 0 Å². The average Bonchev–Trinajstić information content (AvgIpc) is 3.02. The van der Waals surface area contributed by atoms with Gasteiger partial charge in [-0.25, -0.2) is 0 Å². The van der Waals surface area contributed by atoms with Gasteiger partial charge in [-0.05, 0) is 24.8 Å². The number of hydrogen-bond acceptors (Lipinski definition) is 3. The van der Waals surface area contributed by atoms with E-state index in [4.69, 9.17) is 0 Å². The van der Waals surface area contributed by atoms with Crippen LogP contribution in [0.3, 0.4) is 0 Å². The number of amides is 2. The van der Waals surface area contributed by atoms with Crippen molar-refractivity contribution in [3.63, 3.8) is 0 Å². The zero-order valence-corrected chi connectivity index (χ0v) is 17.3. The Morgan fingerprint density at radius 2 is 1.50 bits per heavy atom. The van der Waals surface area contributed by atoms with Crippen molar-refractivity contribution in [2.24, 2.45) is 0 Å². The molecule has 0 bridgehead atoms. The van der Waals surface area contributed by atoms with Crippen LogP contribution in [0.4, 0.5) is 0 Å². The second-order valence-electron chi connectivity index (χ2n) is 8.15. The molecule has 2 aliphatic rings. The summed E-state index contributed by atoms with van der Waals surface area (Å²) >= 11 is 0. The van der Waals surface area contributed by atoms with E-state index in [0.717, 1.165) is 70.5 Å². The molecule has 28 heavy (non-hydrogen) atoms. The molecule has 2 amide bonds. The lowest BCUT2D eigenvalue weighted by atomic mass is 9.93. The zero-order chi connectivity index (χ0) is 19.8. The molecule has 0 aliphatic carbocycles. The normalized spacial score (nSPS) is 19.9. The minimum atomic E-state index is -0.0449. The van der Waals surface area contributed by atoms with Gasteiger partial charge >= 0.3 is 0 Å². The lowest BCUT2D eigenvalue weighted by Gasteiger charge is -2.37. The SMILES string of the molecule is CCCC(C(=O)N1CCN(CC(=O)N2CCCCCC2)CC1)c1ccccc1. The smallest absolute Gasteiger partial charge is 0.236 e. The van der Waals surface area contributed by atoms with Crippen LogP contribution in [0.2, 0.25) is 0 Å². The fourth-order valence-electron chi connectivity index (χ4n) is 4.36. The number of nitrogens with zero attached hydrogens (tertiary/aromatic N) is 3. The summed E-state index contributed by atoms with van der Waals surface area (Å²) in [5.41, 5.74) is 1.12. The predicted molar refractivity (Wildman–Crippen MR) is 112 cm³/mol. The molecule has 0 N–H and O–H groups in total. The first kappa shape index (κ1) is 20.8. The van der Waals surface area contributed by atoms with E-state index >= 15 is 0 Å². The van der Waals surface area contributed by atoms with Gasteiger partial charge in [0.05, 0.1) is 12.5 Å². The maximum absolute atomic E-state index is 13.1. The molecule has 1 aromatic carbocycles. The van der Waals surface area contributed by atoms with Crippen molar-refractivity contribution in [1.82, 2.24) is 14.7 Å². The van der Waals surface area contributed by atoms with Crippen molar-refractivity contribution in [1.29, 1.82) is 0 Å². The van der Waals surface area contributed by atoms with E-state index in [1.165, 1.54) is 12.8 Å². The summed E-state index contributed by atoms with van der Waals surface area (Å²) in [7, 11) is 0. The maximum Gasteiger partial charge on any atom is 0.236 e. The van der Waals surface area contributed by atoms with Gasteiger partial charge in [-0.3, -0.25) is 14.5 Å². The van der Waals surface area contributed by atoms with Crippen LogP contribution in [0.5, 0.6) is 0 Å². The summed E-state index contributed by atoms with van der Waals surface area (Å²) in [5.74, 6) is 0.456. The van der Waals surface area contributed by atoms with Gasteiger partial charge in [0.2, 0.25) is 11.8 Å². The second-order valence-corrected chi connectivity index (χ2v) is 8.15. The first-order valence-corrected chi connectivity index (χ1v) is 11.0. The summed E-state index contributed by atoms with van der Waals surface area (Å²) in [5, 5.41) is 0. The average molecular weight is 386 g/mol. The minimum Gasteiger partial charge on any atom is -0.342 e. The topological polar surface area (TPSA) is 43.9 Å². The Hall–Kier alpha value is -1.88. The Balaban J connectivity index is 1.51. The summed E-state index contributed by atoms with van der Waals surface area (Å²) < 4.78 is 0. The van der Waals surface area contributed by atoms with Gasteiger partial charge in [0, 0.05) is 39.3 Å². The van der Waals surface area contributed by atoms with Crippen LogP contribution in [0, 0.1) is 0 Å². The van der Waals surface area contributed by atoms with E-state index in [1.807, 2.05) is 28.0 Å². The Kier molecular flexibility index (Phi) is 7.90. The van der Waals surface area contributed by atoms with E-state index in [1.54, 1.807) is 0 Å². The molecule has 1 atom stereocenters. The third-order valence-corrected chi connectivity index (χ3v) is 6.08. The van der Waals surface area contributed by atoms with Gasteiger partial charge in [0.25, 0.3) is 0 Å². The second kappa shape index (κ2) is 10.6. The van der Waals surface area contributed by atoms with Crippen LogP contribution in [-0.4, -0.2) is 72.3 Å². The molecule has 5 nitrogen and oxygen atoms in total. The minimum absolute atomic E-state index is 0.0449. The third kappa shape index (κ3) is 5.57. The van der Waals surface area contributed by atoms with Crippen molar-refractivity contribution >= 4 is 11.8 Å². The van der Waals surface area contributed by atoms with Gasteiger partial charge in [0.15, 0.2) is 0 Å². The molecule has 2 fully saturated rings. The van der Waals surface area contributed by atoms with E-state index < -0.39 is 0 Å². The van der Waals surface area contributed by atoms with Crippen molar-refractivity contribution in [3.8, 4) is 0 Å². The standard InChI is InChI=1S/C23H35N3O2/c1-2-10-21(20-11-6-5-7-12-20)23(28)26-17-15-24(16-18-26)19-22(27)25-13-8-3-4-9-14-25/h5-7,11-12,21H,2-4,8-10,13-19H2,1H3. The monoisotopic (exact) mass is 385 g/mol. The molecule has 3 rings (SSSR count). The molecular formula is C23H35N3O2. The summed E-state index contributed by atoms with van der Waals surface area (Å²) in [6.45, 7) is 7.48. The molecule has 1 unspecified atom stereocenters. The van der Waals surface area contributed by atoms with Crippen LogP contribution in [0.1, 0.15) is 56.9 Å². The molecule has 0 saturated carbocycles. The van der Waals surface area contributed by atoms with Crippen LogP contribution in [0.15, 0.2) is 30.3 Å². The van der Waals surface area contributed by atoms with Crippen LogP contribution in [0.25, 0.3) is 0 Å². The molecule has 0 spiro atoms. The first-order chi connectivity index (χ1) is 13.7. The Labute approximate surface area is 169 Å². The molecule has 2 aliphatic heterocycles. The van der Waals surface area contributed by atoms with Crippen LogP contribution >= 0.6 is 0 Å². The Morgan fingerprint density at radius 3 is 2.11 bits per heavy atom. The lowest BCUT2D eigenvalue weighted by Crippen LogP contribution is -2.52. The highest BCUT2D eigenvalue weighted by molar-refractivity contribution is 5.84. The van der Waals surface area contributed by atoms with Crippen molar-refractivity contribution in [2.75, 3.05) is 45.8 Å². The van der Waals surface area contributed by atoms with Crippen molar-refractivity contribution in [3.05, 3.63) is 35.9 Å². The van der Waals surface area contributed by atoms with Gasteiger partial charge in [0.1, 0.15) is 0 Å². The summed E-state index contributed by atoms with van der Waals surface area (Å²) in [6, 6.07) is 10.1. The van der Waals surface area contributed by atoms with Crippen molar-refractivity contribution in [2.45, 2.75) is 51.4 Å². The fraction of sp³-hybridized carbons (Fsp3) is 0.652. The molecule has 2 heterocycles. The van der Waals surface area contributed by atoms with E-state index in [2.05, 4.69) is 24.0 Å². The number of benzene rings is 1. The molecule has 154 valence electrons.